The maximum Gasteiger partial charge on any atom is 0.180 e. The maximum absolute atomic E-state index is 5.78. The molecule has 0 aromatic carbocycles. The van der Waals surface area contributed by atoms with E-state index in [0.29, 0.717) is 5.13 Å². The molecule has 19 heavy (non-hydrogen) atoms. The van der Waals surface area contributed by atoms with E-state index in [4.69, 9.17) is 5.73 Å². The first-order chi connectivity index (χ1) is 9.17. The van der Waals surface area contributed by atoms with Gasteiger partial charge in [0.1, 0.15) is 5.82 Å². The van der Waals surface area contributed by atoms with E-state index in [1.165, 1.54) is 21.7 Å². The van der Waals surface area contributed by atoms with E-state index < -0.39 is 0 Å². The Balaban J connectivity index is 1.88. The molecule has 1 aliphatic heterocycles. The van der Waals surface area contributed by atoms with Crippen molar-refractivity contribution in [2.24, 2.45) is 0 Å². The number of thiazole rings is 1. The highest BCUT2D eigenvalue weighted by atomic mass is 32.1. The molecule has 0 fully saturated rings. The molecule has 0 saturated heterocycles. The number of fused-ring (bicyclic) bond motifs is 1. The number of rotatable bonds is 2. The van der Waals surface area contributed by atoms with Crippen LogP contribution in [0.1, 0.15) is 28.6 Å². The quantitative estimate of drug-likeness (QED) is 0.914. The highest BCUT2D eigenvalue weighted by molar-refractivity contribution is 7.15. The smallest absolute Gasteiger partial charge is 0.180 e. The van der Waals surface area contributed by atoms with E-state index in [1.807, 2.05) is 6.20 Å². The van der Waals surface area contributed by atoms with E-state index in [9.17, 15) is 0 Å². The van der Waals surface area contributed by atoms with E-state index in [1.54, 1.807) is 11.3 Å². The van der Waals surface area contributed by atoms with Crippen molar-refractivity contribution in [2.45, 2.75) is 33.2 Å². The molecule has 0 amide bonds. The van der Waals surface area contributed by atoms with Gasteiger partial charge in [0, 0.05) is 24.0 Å². The Morgan fingerprint density at radius 2 is 2.32 bits per heavy atom. The number of aryl methyl sites for hydroxylation is 2. The summed E-state index contributed by atoms with van der Waals surface area (Å²) in [7, 11) is 0. The second-order valence-corrected chi connectivity index (χ2v) is 6.03. The summed E-state index contributed by atoms with van der Waals surface area (Å²) in [4.78, 5) is 12.5. The van der Waals surface area contributed by atoms with E-state index in [0.717, 1.165) is 31.7 Å². The standard InChI is InChI=1S/C14H18N4S/c1-3-10-6-13(16-7-9(10)2)18-5-4-11-12(8-18)19-14(15)17-11/h6-7H,3-5,8H2,1-2H3,(H2,15,17). The van der Waals surface area contributed by atoms with Crippen molar-refractivity contribution in [1.82, 2.24) is 9.97 Å². The fraction of sp³-hybridized carbons (Fsp3) is 0.429. The van der Waals surface area contributed by atoms with Crippen LogP contribution < -0.4 is 10.6 Å². The van der Waals surface area contributed by atoms with Crippen LogP contribution in [0.25, 0.3) is 0 Å². The van der Waals surface area contributed by atoms with Gasteiger partial charge in [-0.15, -0.1) is 11.3 Å². The maximum atomic E-state index is 5.78. The predicted octanol–water partition coefficient (Wildman–Crippen LogP) is 2.55. The summed E-state index contributed by atoms with van der Waals surface area (Å²) in [5, 5.41) is 0.679. The van der Waals surface area contributed by atoms with Crippen LogP contribution in [-0.2, 0) is 19.4 Å². The lowest BCUT2D eigenvalue weighted by Crippen LogP contribution is -2.30. The van der Waals surface area contributed by atoms with E-state index >= 15 is 0 Å². The number of pyridine rings is 1. The minimum absolute atomic E-state index is 0.679. The Morgan fingerprint density at radius 3 is 3.11 bits per heavy atom. The van der Waals surface area contributed by atoms with Gasteiger partial charge in [-0.1, -0.05) is 6.92 Å². The third-order valence-corrected chi connectivity index (χ3v) is 4.56. The minimum atomic E-state index is 0.679. The Morgan fingerprint density at radius 1 is 1.47 bits per heavy atom. The van der Waals surface area contributed by atoms with Gasteiger partial charge in [0.05, 0.1) is 12.2 Å². The number of aromatic nitrogens is 2. The Hall–Kier alpha value is -1.62. The number of nitrogen functional groups attached to an aromatic ring is 1. The summed E-state index contributed by atoms with van der Waals surface area (Å²) in [5.41, 5.74) is 9.59. The molecule has 5 heteroatoms. The Bertz CT molecular complexity index is 605. The number of anilines is 2. The van der Waals surface area contributed by atoms with Crippen molar-refractivity contribution in [2.75, 3.05) is 17.2 Å². The lowest BCUT2D eigenvalue weighted by Gasteiger charge is -2.27. The van der Waals surface area contributed by atoms with Crippen LogP contribution in [0.2, 0.25) is 0 Å². The van der Waals surface area contributed by atoms with Crippen molar-refractivity contribution >= 4 is 22.3 Å². The molecule has 2 N–H and O–H groups in total. The summed E-state index contributed by atoms with van der Waals surface area (Å²) < 4.78 is 0. The molecule has 100 valence electrons. The van der Waals surface area contributed by atoms with Gasteiger partial charge in [-0.3, -0.25) is 0 Å². The minimum Gasteiger partial charge on any atom is -0.375 e. The van der Waals surface area contributed by atoms with E-state index in [-0.39, 0.29) is 0 Å². The van der Waals surface area contributed by atoms with Crippen LogP contribution >= 0.6 is 11.3 Å². The van der Waals surface area contributed by atoms with Crippen LogP contribution in [0.5, 0.6) is 0 Å². The van der Waals surface area contributed by atoms with Gasteiger partial charge in [0.15, 0.2) is 5.13 Å². The van der Waals surface area contributed by atoms with Gasteiger partial charge in [-0.2, -0.15) is 0 Å². The molecule has 3 heterocycles. The molecule has 0 unspecified atom stereocenters. The van der Waals surface area contributed by atoms with Crippen molar-refractivity contribution < 1.29 is 0 Å². The van der Waals surface area contributed by atoms with Crippen LogP contribution in [0.3, 0.4) is 0 Å². The first-order valence-corrected chi connectivity index (χ1v) is 7.43. The number of nitrogens with two attached hydrogens (primary N) is 1. The van der Waals surface area contributed by atoms with Crippen molar-refractivity contribution in [3.05, 3.63) is 34.0 Å². The summed E-state index contributed by atoms with van der Waals surface area (Å²) in [6.45, 7) is 6.15. The van der Waals surface area contributed by atoms with Gasteiger partial charge in [-0.25, -0.2) is 9.97 Å². The summed E-state index contributed by atoms with van der Waals surface area (Å²) in [5.74, 6) is 1.07. The molecule has 1 aliphatic rings. The van der Waals surface area contributed by atoms with Crippen molar-refractivity contribution in [3.8, 4) is 0 Å². The average molecular weight is 274 g/mol. The second kappa shape index (κ2) is 4.81. The molecule has 0 bridgehead atoms. The van der Waals surface area contributed by atoms with Crippen LogP contribution in [0.4, 0.5) is 10.9 Å². The van der Waals surface area contributed by atoms with Gasteiger partial charge >= 0.3 is 0 Å². The predicted molar refractivity (Wildman–Crippen MR) is 79.6 cm³/mol. The normalized spacial score (nSPS) is 14.5. The molecule has 4 nitrogen and oxygen atoms in total. The molecule has 0 aliphatic carbocycles. The van der Waals surface area contributed by atoms with Crippen LogP contribution in [0.15, 0.2) is 12.3 Å². The summed E-state index contributed by atoms with van der Waals surface area (Å²) in [6, 6.07) is 2.21. The highest BCUT2D eigenvalue weighted by Gasteiger charge is 2.21. The zero-order chi connectivity index (χ0) is 13.4. The third-order valence-electron chi connectivity index (χ3n) is 3.65. The average Bonchev–Trinajstić information content (AvgIpc) is 2.78. The molecule has 3 rings (SSSR count). The molecule has 0 saturated carbocycles. The molecule has 0 radical (unpaired) electrons. The molecule has 2 aromatic heterocycles. The Kier molecular flexibility index (Phi) is 3.14. The van der Waals surface area contributed by atoms with Crippen molar-refractivity contribution in [3.63, 3.8) is 0 Å². The number of nitrogens with zero attached hydrogens (tertiary/aromatic N) is 3. The zero-order valence-electron chi connectivity index (χ0n) is 11.3. The number of hydrogen-bond donors (Lipinski definition) is 1. The first kappa shape index (κ1) is 12.4. The number of hydrogen-bond acceptors (Lipinski definition) is 5. The fourth-order valence-corrected chi connectivity index (χ4v) is 3.41. The zero-order valence-corrected chi connectivity index (χ0v) is 12.1. The third kappa shape index (κ3) is 2.30. The monoisotopic (exact) mass is 274 g/mol. The summed E-state index contributed by atoms with van der Waals surface area (Å²) >= 11 is 1.60. The van der Waals surface area contributed by atoms with Crippen LogP contribution in [0, 0.1) is 6.92 Å². The van der Waals surface area contributed by atoms with E-state index in [2.05, 4.69) is 34.8 Å². The fourth-order valence-electron chi connectivity index (χ4n) is 2.52. The lowest BCUT2D eigenvalue weighted by atomic mass is 10.1. The lowest BCUT2D eigenvalue weighted by molar-refractivity contribution is 0.718. The first-order valence-electron chi connectivity index (χ1n) is 6.62. The van der Waals surface area contributed by atoms with Crippen molar-refractivity contribution in [1.29, 1.82) is 0 Å². The molecular formula is C14H18N4S. The largest absolute Gasteiger partial charge is 0.375 e. The topological polar surface area (TPSA) is 55.0 Å². The molecular weight excluding hydrogens is 256 g/mol. The second-order valence-electron chi connectivity index (χ2n) is 4.92. The molecule has 0 atom stereocenters. The summed E-state index contributed by atoms with van der Waals surface area (Å²) in [6.07, 6.45) is 3.98. The van der Waals surface area contributed by atoms with Gasteiger partial charge in [-0.05, 0) is 30.5 Å². The highest BCUT2D eigenvalue weighted by Crippen LogP contribution is 2.29. The SMILES string of the molecule is CCc1cc(N2CCc3nc(N)sc3C2)ncc1C. The molecule has 2 aromatic rings. The Labute approximate surface area is 117 Å². The van der Waals surface area contributed by atoms with Gasteiger partial charge in [0.25, 0.3) is 0 Å². The van der Waals surface area contributed by atoms with Gasteiger partial charge in [0.2, 0.25) is 0 Å². The molecule has 0 spiro atoms. The van der Waals surface area contributed by atoms with Gasteiger partial charge < -0.3 is 10.6 Å². The van der Waals surface area contributed by atoms with Crippen LogP contribution in [-0.4, -0.2) is 16.5 Å².